The van der Waals surface area contributed by atoms with Crippen molar-refractivity contribution in [2.24, 2.45) is 11.8 Å². The quantitative estimate of drug-likeness (QED) is 0.167. The average molecular weight is 748 g/mol. The Kier molecular flexibility index (Phi) is 16.1. The van der Waals surface area contributed by atoms with E-state index in [4.69, 9.17) is 9.16 Å². The third-order valence-electron chi connectivity index (χ3n) is 10.5. The molecule has 53 heavy (non-hydrogen) atoms. The van der Waals surface area contributed by atoms with Gasteiger partial charge in [-0.2, -0.15) is 0 Å². The first-order valence-electron chi connectivity index (χ1n) is 19.3. The van der Waals surface area contributed by atoms with Crippen LogP contribution in [0.3, 0.4) is 0 Å². The molecule has 2 aromatic carbocycles. The Labute approximate surface area is 319 Å². The molecular weight excluding hydrogens is 683 g/mol. The van der Waals surface area contributed by atoms with Crippen molar-refractivity contribution in [1.29, 1.82) is 0 Å². The number of nitrogens with one attached hydrogen (secondary N) is 2. The van der Waals surface area contributed by atoms with Gasteiger partial charge in [-0.15, -0.1) is 0 Å². The summed E-state index contributed by atoms with van der Waals surface area (Å²) in [4.78, 5) is 55.7. The first kappa shape index (κ1) is 43.6. The largest absolute Gasteiger partial charge is 0.444 e. The highest BCUT2D eigenvalue weighted by atomic mass is 28.4. The zero-order valence-electron chi connectivity index (χ0n) is 33.9. The zero-order chi connectivity index (χ0) is 39.4. The molecule has 3 rings (SSSR count). The summed E-state index contributed by atoms with van der Waals surface area (Å²) in [5.41, 5.74) is 1.33. The van der Waals surface area contributed by atoms with Gasteiger partial charge in [-0.25, -0.2) is 4.79 Å². The second-order valence-corrected chi connectivity index (χ2v) is 21.8. The number of ether oxygens (including phenoxy) is 1. The maximum Gasteiger partial charge on any atom is 0.407 e. The van der Waals surface area contributed by atoms with E-state index in [1.54, 1.807) is 4.90 Å². The van der Waals surface area contributed by atoms with Gasteiger partial charge < -0.3 is 24.7 Å². The fourth-order valence-corrected chi connectivity index (χ4v) is 7.47. The number of ketones is 1. The molecule has 0 aromatic heterocycles. The Morgan fingerprint density at radius 2 is 1.49 bits per heavy atom. The maximum atomic E-state index is 14.6. The van der Waals surface area contributed by atoms with Gasteiger partial charge in [0.05, 0.1) is 12.1 Å². The fourth-order valence-electron chi connectivity index (χ4n) is 6.10. The van der Waals surface area contributed by atoms with Crippen LogP contribution in [0.15, 0.2) is 66.7 Å². The molecule has 1 heterocycles. The molecule has 3 amide bonds. The van der Waals surface area contributed by atoms with Crippen LogP contribution < -0.4 is 10.6 Å². The summed E-state index contributed by atoms with van der Waals surface area (Å²) < 4.78 is 13.0. The smallest absolute Gasteiger partial charge is 0.407 e. The molecule has 10 heteroatoms. The highest BCUT2D eigenvalue weighted by Gasteiger charge is 2.43. The summed E-state index contributed by atoms with van der Waals surface area (Å²) in [6, 6.07) is 18.6. The van der Waals surface area contributed by atoms with E-state index >= 15 is 0 Å². The molecule has 5 unspecified atom stereocenters. The minimum absolute atomic E-state index is 0.122. The SMILES string of the molecule is CCC(C)C(NC(=O)C(CC=Cc1ccccc1)CC(O[Si](C)(C)C(C)(C)C)C(Cc1ccccc1)NC(=O)OC(C)(C)C)C(=O)N1CCC(=O)CC1. The number of alkyl carbamates (subject to hydrolysis) is 1. The number of hydrogen-bond acceptors (Lipinski definition) is 6. The standard InChI is InChI=1S/C43H65N3O6Si/c1-11-31(2)38(40(49)46-27-25-35(47)26-28-46)45-39(48)34(24-18-23-32-19-14-12-15-20-32)30-37(52-53(9,10)43(6,7)8)36(29-33-21-16-13-17-22-33)44-41(50)51-42(3,4)5/h12-23,31,34,36-38H,11,24-30H2,1-10H3,(H,44,50)(H,45,48). The van der Waals surface area contributed by atoms with Crippen molar-refractivity contribution in [3.8, 4) is 0 Å². The first-order chi connectivity index (χ1) is 24.8. The van der Waals surface area contributed by atoms with E-state index in [0.717, 1.165) is 11.1 Å². The molecule has 1 fully saturated rings. The molecule has 0 saturated carbocycles. The first-order valence-corrected chi connectivity index (χ1v) is 22.2. The summed E-state index contributed by atoms with van der Waals surface area (Å²) in [7, 11) is -2.46. The summed E-state index contributed by atoms with van der Waals surface area (Å²) >= 11 is 0. The molecule has 2 N–H and O–H groups in total. The Morgan fingerprint density at radius 1 is 0.906 bits per heavy atom. The molecule has 0 aliphatic carbocycles. The van der Waals surface area contributed by atoms with E-state index in [-0.39, 0.29) is 28.6 Å². The Morgan fingerprint density at radius 3 is 2.04 bits per heavy atom. The van der Waals surface area contributed by atoms with Crippen molar-refractivity contribution in [2.75, 3.05) is 13.1 Å². The number of carbonyl (C=O) groups is 4. The fraction of sp³-hybridized carbons (Fsp3) is 0.581. The number of nitrogens with zero attached hydrogens (tertiary/aromatic N) is 1. The van der Waals surface area contributed by atoms with Crippen molar-refractivity contribution in [3.63, 3.8) is 0 Å². The monoisotopic (exact) mass is 747 g/mol. The topological polar surface area (TPSA) is 114 Å². The van der Waals surface area contributed by atoms with Gasteiger partial charge in [0.25, 0.3) is 0 Å². The number of allylic oxidation sites excluding steroid dienone is 1. The third kappa shape index (κ3) is 14.2. The van der Waals surface area contributed by atoms with E-state index in [1.165, 1.54) is 0 Å². The molecular formula is C43H65N3O6Si. The number of benzene rings is 2. The van der Waals surface area contributed by atoms with E-state index < -0.39 is 44.1 Å². The van der Waals surface area contributed by atoms with E-state index in [0.29, 0.717) is 51.6 Å². The summed E-state index contributed by atoms with van der Waals surface area (Å²) in [5.74, 6) is -0.953. The van der Waals surface area contributed by atoms with Gasteiger partial charge in [0.15, 0.2) is 8.32 Å². The zero-order valence-corrected chi connectivity index (χ0v) is 34.9. The van der Waals surface area contributed by atoms with Crippen LogP contribution in [-0.4, -0.2) is 73.8 Å². The predicted octanol–water partition coefficient (Wildman–Crippen LogP) is 8.35. The van der Waals surface area contributed by atoms with Crippen molar-refractivity contribution < 1.29 is 28.3 Å². The molecule has 5 atom stereocenters. The van der Waals surface area contributed by atoms with Crippen LogP contribution in [0.1, 0.15) is 98.6 Å². The summed E-state index contributed by atoms with van der Waals surface area (Å²) in [6.07, 6.45) is 5.42. The third-order valence-corrected chi connectivity index (χ3v) is 15.0. The summed E-state index contributed by atoms with van der Waals surface area (Å²) in [5, 5.41) is 6.18. The lowest BCUT2D eigenvalue weighted by Crippen LogP contribution is -2.56. The number of hydrogen-bond donors (Lipinski definition) is 2. The van der Waals surface area contributed by atoms with E-state index in [2.05, 4.69) is 44.5 Å². The predicted molar refractivity (Wildman–Crippen MR) is 216 cm³/mol. The molecule has 1 aliphatic rings. The second kappa shape index (κ2) is 19.5. The number of rotatable bonds is 16. The maximum absolute atomic E-state index is 14.6. The number of likely N-dealkylation sites (tertiary alicyclic amines) is 1. The Bertz CT molecular complexity index is 1510. The van der Waals surface area contributed by atoms with Crippen LogP contribution >= 0.6 is 0 Å². The number of Topliss-reactive ketones (excluding diaryl/α,β-unsaturated/α-hetero) is 1. The lowest BCUT2D eigenvalue weighted by molar-refractivity contribution is -0.141. The van der Waals surface area contributed by atoms with Gasteiger partial charge in [-0.3, -0.25) is 14.4 Å². The molecule has 1 saturated heterocycles. The van der Waals surface area contributed by atoms with E-state index in [1.807, 2.05) is 107 Å². The number of piperidine rings is 1. The minimum atomic E-state index is -2.46. The van der Waals surface area contributed by atoms with Gasteiger partial charge >= 0.3 is 6.09 Å². The van der Waals surface area contributed by atoms with Crippen LogP contribution in [0.4, 0.5) is 4.79 Å². The van der Waals surface area contributed by atoms with Crippen molar-refractivity contribution in [1.82, 2.24) is 15.5 Å². The summed E-state index contributed by atoms with van der Waals surface area (Å²) in [6.45, 7) is 21.1. The second-order valence-electron chi connectivity index (χ2n) is 17.1. The molecule has 0 spiro atoms. The highest BCUT2D eigenvalue weighted by molar-refractivity contribution is 6.74. The molecule has 2 aromatic rings. The highest BCUT2D eigenvalue weighted by Crippen LogP contribution is 2.39. The van der Waals surface area contributed by atoms with Gasteiger partial charge in [0.1, 0.15) is 17.4 Å². The van der Waals surface area contributed by atoms with Crippen LogP contribution in [0, 0.1) is 11.8 Å². The molecule has 9 nitrogen and oxygen atoms in total. The van der Waals surface area contributed by atoms with Gasteiger partial charge in [-0.1, -0.05) is 114 Å². The van der Waals surface area contributed by atoms with Crippen molar-refractivity contribution >= 4 is 38.1 Å². The van der Waals surface area contributed by atoms with Gasteiger partial charge in [0.2, 0.25) is 11.8 Å². The Balaban J connectivity index is 2.07. The Hall–Kier alpha value is -3.76. The van der Waals surface area contributed by atoms with Gasteiger partial charge in [0, 0.05) is 31.8 Å². The molecule has 1 aliphatic heterocycles. The van der Waals surface area contributed by atoms with Crippen molar-refractivity contribution in [3.05, 3.63) is 77.9 Å². The lowest BCUT2D eigenvalue weighted by atomic mass is 9.89. The van der Waals surface area contributed by atoms with E-state index in [9.17, 15) is 19.2 Å². The van der Waals surface area contributed by atoms with Crippen molar-refractivity contribution in [2.45, 2.75) is 136 Å². The van der Waals surface area contributed by atoms with Crippen LogP contribution in [0.25, 0.3) is 6.08 Å². The number of amides is 3. The van der Waals surface area contributed by atoms with Crippen LogP contribution in [-0.2, 0) is 30.0 Å². The normalized spacial score (nSPS) is 17.1. The van der Waals surface area contributed by atoms with Gasteiger partial charge in [-0.05, 0) is 75.2 Å². The lowest BCUT2D eigenvalue weighted by Gasteiger charge is -2.42. The minimum Gasteiger partial charge on any atom is -0.444 e. The number of carbonyl (C=O) groups excluding carboxylic acids is 4. The molecule has 0 radical (unpaired) electrons. The average Bonchev–Trinajstić information content (AvgIpc) is 3.08. The molecule has 0 bridgehead atoms. The van der Waals surface area contributed by atoms with Crippen LogP contribution in [0.5, 0.6) is 0 Å². The molecule has 292 valence electrons. The van der Waals surface area contributed by atoms with Crippen LogP contribution in [0.2, 0.25) is 18.1 Å².